The van der Waals surface area contributed by atoms with Crippen LogP contribution in [0, 0.1) is 0 Å². The van der Waals surface area contributed by atoms with E-state index in [-0.39, 0.29) is 0 Å². The molecule has 1 nitrogen and oxygen atoms in total. The second-order valence-electron chi connectivity index (χ2n) is 3.11. The highest BCUT2D eigenvalue weighted by Crippen LogP contribution is 2.25. The Bertz CT molecular complexity index is 266. The van der Waals surface area contributed by atoms with Gasteiger partial charge >= 0.3 is 0 Å². The zero-order chi connectivity index (χ0) is 8.39. The van der Waals surface area contributed by atoms with Crippen LogP contribution >= 0.6 is 0 Å². The minimum atomic E-state index is 0.409. The lowest BCUT2D eigenvalue weighted by molar-refractivity contribution is 0.474. The van der Waals surface area contributed by atoms with Crippen LogP contribution in [0.25, 0.3) is 0 Å². The fourth-order valence-electron chi connectivity index (χ4n) is 1.55. The van der Waals surface area contributed by atoms with Crippen molar-refractivity contribution in [1.29, 1.82) is 0 Å². The van der Waals surface area contributed by atoms with Crippen molar-refractivity contribution in [1.82, 2.24) is 0 Å². The lowest BCUT2D eigenvalue weighted by Crippen LogP contribution is -2.02. The van der Waals surface area contributed by atoms with Crippen molar-refractivity contribution in [3.8, 4) is 5.75 Å². The normalized spacial score (nSPS) is 18.3. The monoisotopic (exact) mass is 181 g/mol. The SMILES string of the molecule is Oc1cccc([S+]2CCCC2)c1. The van der Waals surface area contributed by atoms with Gasteiger partial charge in [-0.1, -0.05) is 6.07 Å². The van der Waals surface area contributed by atoms with E-state index in [1.807, 2.05) is 12.1 Å². The molecule has 1 heterocycles. The molecule has 1 aliphatic rings. The molecule has 1 aromatic carbocycles. The standard InChI is InChI=1S/C10H12OS/c11-9-4-3-5-10(8-9)12-6-1-2-7-12/h3-5,8H,1-2,6-7H2/p+1. The van der Waals surface area contributed by atoms with Crippen LogP contribution in [0.2, 0.25) is 0 Å². The molecule has 0 spiro atoms. The quantitative estimate of drug-likeness (QED) is 0.658. The highest BCUT2D eigenvalue weighted by Gasteiger charge is 2.26. The van der Waals surface area contributed by atoms with Gasteiger partial charge in [0.2, 0.25) is 0 Å². The van der Waals surface area contributed by atoms with Gasteiger partial charge < -0.3 is 5.11 Å². The molecule has 0 saturated carbocycles. The van der Waals surface area contributed by atoms with Crippen LogP contribution in [0.5, 0.6) is 5.75 Å². The van der Waals surface area contributed by atoms with E-state index in [1.54, 1.807) is 6.07 Å². The summed E-state index contributed by atoms with van der Waals surface area (Å²) in [5.74, 6) is 3.05. The number of hydrogen-bond acceptors (Lipinski definition) is 1. The Balaban J connectivity index is 2.21. The molecule has 1 aromatic rings. The number of rotatable bonds is 1. The Labute approximate surface area is 75.8 Å². The van der Waals surface area contributed by atoms with Gasteiger partial charge in [0.25, 0.3) is 0 Å². The molecule has 1 saturated heterocycles. The third-order valence-corrected chi connectivity index (χ3v) is 4.67. The van der Waals surface area contributed by atoms with Crippen LogP contribution < -0.4 is 0 Å². The van der Waals surface area contributed by atoms with E-state index in [1.165, 1.54) is 29.2 Å². The first-order valence-corrected chi connectivity index (χ1v) is 5.89. The first-order valence-electron chi connectivity index (χ1n) is 4.33. The third-order valence-electron chi connectivity index (χ3n) is 2.18. The van der Waals surface area contributed by atoms with Gasteiger partial charge in [0.15, 0.2) is 4.90 Å². The maximum atomic E-state index is 9.28. The fourth-order valence-corrected chi connectivity index (χ4v) is 3.89. The van der Waals surface area contributed by atoms with Crippen LogP contribution in [-0.2, 0) is 10.9 Å². The molecule has 1 aliphatic heterocycles. The lowest BCUT2D eigenvalue weighted by atomic mass is 10.3. The molecule has 1 N–H and O–H groups in total. The van der Waals surface area contributed by atoms with E-state index < -0.39 is 0 Å². The zero-order valence-corrected chi connectivity index (χ0v) is 7.81. The molecule has 1 fully saturated rings. The minimum Gasteiger partial charge on any atom is -0.508 e. The fraction of sp³-hybridized carbons (Fsp3) is 0.400. The van der Waals surface area contributed by atoms with Gasteiger partial charge in [0, 0.05) is 17.0 Å². The van der Waals surface area contributed by atoms with Gasteiger partial charge in [0.05, 0.1) is 0 Å². The van der Waals surface area contributed by atoms with Crippen LogP contribution in [0.15, 0.2) is 29.2 Å². The molecule has 0 bridgehead atoms. The molecule has 64 valence electrons. The summed E-state index contributed by atoms with van der Waals surface area (Å²) < 4.78 is 0. The number of phenols is 1. The largest absolute Gasteiger partial charge is 0.508 e. The Morgan fingerprint density at radius 3 is 2.58 bits per heavy atom. The third kappa shape index (κ3) is 1.58. The summed E-state index contributed by atoms with van der Waals surface area (Å²) in [5.41, 5.74) is 0. The molecule has 0 radical (unpaired) electrons. The number of aromatic hydroxyl groups is 1. The van der Waals surface area contributed by atoms with Crippen LogP contribution in [0.4, 0.5) is 0 Å². The van der Waals surface area contributed by atoms with E-state index in [0.717, 1.165) is 0 Å². The smallest absolute Gasteiger partial charge is 0.158 e. The predicted molar refractivity (Wildman–Crippen MR) is 52.7 cm³/mol. The van der Waals surface area contributed by atoms with Crippen molar-refractivity contribution in [2.45, 2.75) is 17.7 Å². The molecule has 2 rings (SSSR count). The highest BCUT2D eigenvalue weighted by atomic mass is 32.2. The number of phenolic OH excluding ortho intramolecular Hbond substituents is 1. The van der Waals surface area contributed by atoms with Crippen molar-refractivity contribution >= 4 is 10.9 Å². The van der Waals surface area contributed by atoms with Crippen molar-refractivity contribution in [3.05, 3.63) is 24.3 Å². The van der Waals surface area contributed by atoms with Gasteiger partial charge in [-0.2, -0.15) is 0 Å². The summed E-state index contributed by atoms with van der Waals surface area (Å²) >= 11 is 0. The lowest BCUT2D eigenvalue weighted by Gasteiger charge is -1.99. The van der Waals surface area contributed by atoms with Gasteiger partial charge in [-0.05, 0) is 25.0 Å². The molecule has 0 atom stereocenters. The van der Waals surface area contributed by atoms with E-state index >= 15 is 0 Å². The Morgan fingerprint density at radius 2 is 1.92 bits per heavy atom. The molecule has 0 aliphatic carbocycles. The highest BCUT2D eigenvalue weighted by molar-refractivity contribution is 7.97. The maximum Gasteiger partial charge on any atom is 0.158 e. The summed E-state index contributed by atoms with van der Waals surface area (Å²) in [5, 5.41) is 9.28. The molecule has 0 aromatic heterocycles. The van der Waals surface area contributed by atoms with Gasteiger partial charge in [-0.15, -0.1) is 0 Å². The second kappa shape index (κ2) is 3.40. The van der Waals surface area contributed by atoms with E-state index in [0.29, 0.717) is 16.6 Å². The molecular formula is C10H13OS+. The Kier molecular flexibility index (Phi) is 2.26. The van der Waals surface area contributed by atoms with Crippen molar-refractivity contribution in [2.24, 2.45) is 0 Å². The second-order valence-corrected chi connectivity index (χ2v) is 5.38. The minimum absolute atomic E-state index is 0.409. The van der Waals surface area contributed by atoms with Crippen molar-refractivity contribution in [3.63, 3.8) is 0 Å². The summed E-state index contributed by atoms with van der Waals surface area (Å²) in [6, 6.07) is 7.72. The molecule has 0 unspecified atom stereocenters. The summed E-state index contributed by atoms with van der Waals surface area (Å²) in [7, 11) is 0.439. The summed E-state index contributed by atoms with van der Waals surface area (Å²) in [4.78, 5) is 1.34. The van der Waals surface area contributed by atoms with E-state index in [2.05, 4.69) is 6.07 Å². The average molecular weight is 181 g/mol. The summed E-state index contributed by atoms with van der Waals surface area (Å²) in [6.45, 7) is 0. The maximum absolute atomic E-state index is 9.28. The van der Waals surface area contributed by atoms with Crippen molar-refractivity contribution in [2.75, 3.05) is 11.5 Å². The zero-order valence-electron chi connectivity index (χ0n) is 6.99. The van der Waals surface area contributed by atoms with Crippen LogP contribution in [0.3, 0.4) is 0 Å². The van der Waals surface area contributed by atoms with E-state index in [4.69, 9.17) is 0 Å². The van der Waals surface area contributed by atoms with E-state index in [9.17, 15) is 5.11 Å². The van der Waals surface area contributed by atoms with Gasteiger partial charge in [0.1, 0.15) is 17.3 Å². The Hall–Kier alpha value is -0.630. The van der Waals surface area contributed by atoms with Gasteiger partial charge in [-0.3, -0.25) is 0 Å². The van der Waals surface area contributed by atoms with Crippen LogP contribution in [0.1, 0.15) is 12.8 Å². The summed E-state index contributed by atoms with van der Waals surface area (Å²) in [6.07, 6.45) is 2.72. The predicted octanol–water partition coefficient (Wildman–Crippen LogP) is 2.16. The molecular weight excluding hydrogens is 168 g/mol. The van der Waals surface area contributed by atoms with Crippen LogP contribution in [-0.4, -0.2) is 16.6 Å². The molecule has 12 heavy (non-hydrogen) atoms. The average Bonchev–Trinajstić information content (AvgIpc) is 2.56. The Morgan fingerprint density at radius 1 is 1.17 bits per heavy atom. The first-order chi connectivity index (χ1) is 5.86. The number of benzene rings is 1. The number of hydrogen-bond donors (Lipinski definition) is 1. The van der Waals surface area contributed by atoms with Gasteiger partial charge in [-0.25, -0.2) is 0 Å². The molecule has 0 amide bonds. The van der Waals surface area contributed by atoms with Crippen molar-refractivity contribution < 1.29 is 5.11 Å². The first kappa shape index (κ1) is 7.99. The topological polar surface area (TPSA) is 20.2 Å². The molecule has 2 heteroatoms.